The van der Waals surface area contributed by atoms with E-state index in [4.69, 9.17) is 10.5 Å². The Morgan fingerprint density at radius 3 is 2.52 bits per heavy atom. The Morgan fingerprint density at radius 2 is 1.90 bits per heavy atom. The van der Waals surface area contributed by atoms with Crippen LogP contribution < -0.4 is 5.32 Å². The molecule has 0 bridgehead atoms. The van der Waals surface area contributed by atoms with Crippen LogP contribution >= 0.6 is 0 Å². The van der Waals surface area contributed by atoms with Crippen molar-refractivity contribution >= 4 is 11.5 Å². The molecule has 0 saturated heterocycles. The van der Waals surface area contributed by atoms with Crippen molar-refractivity contribution in [2.75, 3.05) is 5.32 Å². The van der Waals surface area contributed by atoms with E-state index in [1.807, 2.05) is 0 Å². The fraction of sp³-hybridized carbons (Fsp3) is 0.0769. The Labute approximate surface area is 117 Å². The van der Waals surface area contributed by atoms with Gasteiger partial charge in [-0.3, -0.25) is 0 Å². The molecule has 0 unspecified atom stereocenters. The fourth-order valence-corrected chi connectivity index (χ4v) is 1.52. The molecule has 0 saturated carbocycles. The van der Waals surface area contributed by atoms with E-state index in [0.717, 1.165) is 18.3 Å². The number of rotatable bonds is 2. The van der Waals surface area contributed by atoms with Crippen LogP contribution in [0.2, 0.25) is 0 Å². The molecule has 1 aromatic carbocycles. The molecule has 0 aliphatic heterocycles. The van der Waals surface area contributed by atoms with Crippen molar-refractivity contribution in [1.82, 2.24) is 9.97 Å². The molecule has 1 heterocycles. The SMILES string of the molecule is N#Cc1cnc(C#N)c(Nc2cccc(C(F)(F)F)c2)n1. The van der Waals surface area contributed by atoms with Gasteiger partial charge >= 0.3 is 6.18 Å². The normalized spacial score (nSPS) is 10.5. The highest BCUT2D eigenvalue weighted by Gasteiger charge is 2.30. The van der Waals surface area contributed by atoms with Crippen molar-refractivity contribution in [2.45, 2.75) is 6.18 Å². The van der Waals surface area contributed by atoms with Gasteiger partial charge < -0.3 is 5.32 Å². The average molecular weight is 289 g/mol. The van der Waals surface area contributed by atoms with Gasteiger partial charge in [-0.05, 0) is 18.2 Å². The first-order valence-corrected chi connectivity index (χ1v) is 5.55. The van der Waals surface area contributed by atoms with Crippen LogP contribution in [0, 0.1) is 22.7 Å². The fourth-order valence-electron chi connectivity index (χ4n) is 1.52. The maximum atomic E-state index is 12.6. The van der Waals surface area contributed by atoms with Gasteiger partial charge in [0.2, 0.25) is 0 Å². The Bertz CT molecular complexity index is 756. The lowest BCUT2D eigenvalue weighted by molar-refractivity contribution is -0.137. The highest BCUT2D eigenvalue weighted by atomic mass is 19.4. The zero-order valence-electron chi connectivity index (χ0n) is 10.3. The van der Waals surface area contributed by atoms with Crippen LogP contribution in [0.15, 0.2) is 30.5 Å². The van der Waals surface area contributed by atoms with Crippen molar-refractivity contribution in [1.29, 1.82) is 10.5 Å². The van der Waals surface area contributed by atoms with Crippen LogP contribution in [0.3, 0.4) is 0 Å². The van der Waals surface area contributed by atoms with Crippen LogP contribution in [0.25, 0.3) is 0 Å². The highest BCUT2D eigenvalue weighted by molar-refractivity contribution is 5.62. The summed E-state index contributed by atoms with van der Waals surface area (Å²) < 4.78 is 37.9. The van der Waals surface area contributed by atoms with Gasteiger partial charge in [0.15, 0.2) is 17.2 Å². The Morgan fingerprint density at radius 1 is 1.14 bits per heavy atom. The Balaban J connectivity index is 2.39. The highest BCUT2D eigenvalue weighted by Crippen LogP contribution is 2.31. The van der Waals surface area contributed by atoms with Gasteiger partial charge in [0, 0.05) is 5.69 Å². The number of anilines is 2. The zero-order chi connectivity index (χ0) is 15.5. The predicted molar refractivity (Wildman–Crippen MR) is 66.2 cm³/mol. The minimum absolute atomic E-state index is 0.0523. The van der Waals surface area contributed by atoms with Gasteiger partial charge in [0.1, 0.15) is 12.1 Å². The van der Waals surface area contributed by atoms with Crippen molar-refractivity contribution in [3.05, 3.63) is 47.4 Å². The zero-order valence-corrected chi connectivity index (χ0v) is 10.3. The molecule has 1 aromatic heterocycles. The smallest absolute Gasteiger partial charge is 0.338 e. The molecule has 8 heteroatoms. The summed E-state index contributed by atoms with van der Waals surface area (Å²) in [5, 5.41) is 20.2. The van der Waals surface area contributed by atoms with Gasteiger partial charge in [-0.15, -0.1) is 0 Å². The molecule has 0 fully saturated rings. The van der Waals surface area contributed by atoms with E-state index in [2.05, 4.69) is 15.3 Å². The van der Waals surface area contributed by atoms with Crippen LogP contribution in [0.4, 0.5) is 24.7 Å². The first kappa shape index (κ1) is 14.3. The van der Waals surface area contributed by atoms with E-state index >= 15 is 0 Å². The molecule has 0 aliphatic carbocycles. The molecule has 104 valence electrons. The summed E-state index contributed by atoms with van der Waals surface area (Å²) in [6.45, 7) is 0. The number of aromatic nitrogens is 2. The topological polar surface area (TPSA) is 85.4 Å². The maximum absolute atomic E-state index is 12.6. The summed E-state index contributed by atoms with van der Waals surface area (Å²) in [6, 6.07) is 7.89. The van der Waals surface area contributed by atoms with E-state index in [9.17, 15) is 13.2 Å². The quantitative estimate of drug-likeness (QED) is 0.918. The predicted octanol–water partition coefficient (Wildman–Crippen LogP) is 2.98. The van der Waals surface area contributed by atoms with Gasteiger partial charge in [-0.25, -0.2) is 9.97 Å². The molecule has 0 spiro atoms. The van der Waals surface area contributed by atoms with Gasteiger partial charge in [0.05, 0.1) is 11.8 Å². The summed E-state index contributed by atoms with van der Waals surface area (Å²) in [5.41, 5.74) is -0.920. The largest absolute Gasteiger partial charge is 0.416 e. The van der Waals surface area contributed by atoms with Crippen LogP contribution in [-0.4, -0.2) is 9.97 Å². The number of nitriles is 2. The Hall–Kier alpha value is -3.13. The van der Waals surface area contributed by atoms with Crippen molar-refractivity contribution in [3.8, 4) is 12.1 Å². The first-order valence-electron chi connectivity index (χ1n) is 5.55. The molecule has 21 heavy (non-hydrogen) atoms. The number of hydrogen-bond donors (Lipinski definition) is 1. The molecule has 0 atom stereocenters. The number of nitrogens with one attached hydrogen (secondary N) is 1. The van der Waals surface area contributed by atoms with Crippen molar-refractivity contribution in [3.63, 3.8) is 0 Å². The molecule has 0 radical (unpaired) electrons. The summed E-state index contributed by atoms with van der Waals surface area (Å²) in [7, 11) is 0. The van der Waals surface area contributed by atoms with Gasteiger partial charge in [-0.1, -0.05) is 6.07 Å². The molecule has 0 aliphatic rings. The molecule has 0 amide bonds. The lowest BCUT2D eigenvalue weighted by atomic mass is 10.2. The number of halogens is 3. The molecule has 2 rings (SSSR count). The average Bonchev–Trinajstić information content (AvgIpc) is 2.46. The third-order valence-corrected chi connectivity index (χ3v) is 2.45. The second-order valence-corrected chi connectivity index (χ2v) is 3.88. The molecule has 1 N–H and O–H groups in total. The van der Waals surface area contributed by atoms with Crippen molar-refractivity contribution < 1.29 is 13.2 Å². The van der Waals surface area contributed by atoms with Crippen LogP contribution in [0.1, 0.15) is 17.0 Å². The van der Waals surface area contributed by atoms with E-state index in [1.54, 1.807) is 12.1 Å². The number of benzene rings is 1. The third kappa shape index (κ3) is 3.25. The van der Waals surface area contributed by atoms with Gasteiger partial charge in [0.25, 0.3) is 0 Å². The van der Waals surface area contributed by atoms with E-state index in [1.165, 1.54) is 12.1 Å². The molecular weight excluding hydrogens is 283 g/mol. The number of hydrogen-bond acceptors (Lipinski definition) is 5. The van der Waals surface area contributed by atoms with E-state index in [-0.39, 0.29) is 22.9 Å². The van der Waals surface area contributed by atoms with Crippen LogP contribution in [-0.2, 0) is 6.18 Å². The van der Waals surface area contributed by atoms with Crippen molar-refractivity contribution in [2.24, 2.45) is 0 Å². The second kappa shape index (κ2) is 5.47. The molecule has 5 nitrogen and oxygen atoms in total. The van der Waals surface area contributed by atoms with E-state index in [0.29, 0.717) is 0 Å². The molecular formula is C13H6F3N5. The third-order valence-electron chi connectivity index (χ3n) is 2.45. The number of alkyl halides is 3. The second-order valence-electron chi connectivity index (χ2n) is 3.88. The summed E-state index contributed by atoms with van der Waals surface area (Å²) in [6.07, 6.45) is -3.37. The monoisotopic (exact) mass is 289 g/mol. The van der Waals surface area contributed by atoms with Crippen LogP contribution in [0.5, 0.6) is 0 Å². The van der Waals surface area contributed by atoms with Gasteiger partial charge in [-0.2, -0.15) is 23.7 Å². The summed E-state index contributed by atoms with van der Waals surface area (Å²) in [5.74, 6) is -0.0733. The summed E-state index contributed by atoms with van der Waals surface area (Å²) >= 11 is 0. The first-order chi connectivity index (χ1) is 9.94. The Kier molecular flexibility index (Phi) is 3.72. The lowest BCUT2D eigenvalue weighted by Crippen LogP contribution is -2.06. The lowest BCUT2D eigenvalue weighted by Gasteiger charge is -2.10. The minimum Gasteiger partial charge on any atom is -0.338 e. The maximum Gasteiger partial charge on any atom is 0.416 e. The standard InChI is InChI=1S/C13H6F3N5/c14-13(15,16)8-2-1-3-9(4-8)20-12-11(6-18)19-7-10(5-17)21-12/h1-4,7H,(H,20,21). The van der Waals surface area contributed by atoms with E-state index < -0.39 is 11.7 Å². The number of nitrogens with zero attached hydrogens (tertiary/aromatic N) is 4. The summed E-state index contributed by atoms with van der Waals surface area (Å²) in [4.78, 5) is 7.52. The minimum atomic E-state index is -4.48. The molecule has 2 aromatic rings.